The molecule has 1 saturated heterocycles. The number of anilines is 1. The van der Waals surface area contributed by atoms with Crippen LogP contribution in [0.2, 0.25) is 0 Å². The lowest BCUT2D eigenvalue weighted by Crippen LogP contribution is -2.42. The van der Waals surface area contributed by atoms with Crippen LogP contribution >= 0.6 is 0 Å². The van der Waals surface area contributed by atoms with Crippen molar-refractivity contribution in [3.05, 3.63) is 24.0 Å². The van der Waals surface area contributed by atoms with E-state index in [1.165, 1.54) is 7.11 Å². The molecule has 1 aliphatic rings. The van der Waals surface area contributed by atoms with Gasteiger partial charge in [-0.1, -0.05) is 0 Å². The van der Waals surface area contributed by atoms with E-state index in [1.807, 2.05) is 6.07 Å². The maximum Gasteiger partial charge on any atom is 0.356 e. The van der Waals surface area contributed by atoms with E-state index in [1.54, 1.807) is 12.3 Å². The Morgan fingerprint density at radius 1 is 1.55 bits per heavy atom. The van der Waals surface area contributed by atoms with E-state index in [2.05, 4.69) is 26.9 Å². The molecule has 110 valence electrons. The first kappa shape index (κ1) is 14.7. The van der Waals surface area contributed by atoms with E-state index < -0.39 is 5.97 Å². The van der Waals surface area contributed by atoms with Gasteiger partial charge in [0.05, 0.1) is 20.3 Å². The second-order valence-electron chi connectivity index (χ2n) is 4.88. The van der Waals surface area contributed by atoms with Gasteiger partial charge in [0, 0.05) is 37.6 Å². The highest BCUT2D eigenvalue weighted by Crippen LogP contribution is 2.11. The Kier molecular flexibility index (Phi) is 5.31. The first-order chi connectivity index (χ1) is 9.69. The summed E-state index contributed by atoms with van der Waals surface area (Å²) < 4.78 is 10.00. The monoisotopic (exact) mass is 279 g/mol. The summed E-state index contributed by atoms with van der Waals surface area (Å²) in [4.78, 5) is 17.8. The third-order valence-corrected chi connectivity index (χ3v) is 3.20. The number of morpholine rings is 1. The minimum absolute atomic E-state index is 0.279. The van der Waals surface area contributed by atoms with Crippen LogP contribution < -0.4 is 5.32 Å². The van der Waals surface area contributed by atoms with Crippen LogP contribution in [0.5, 0.6) is 0 Å². The summed E-state index contributed by atoms with van der Waals surface area (Å²) in [6, 6.07) is 3.84. The molecule has 0 radical (unpaired) electrons. The molecule has 0 saturated carbocycles. The Hall–Kier alpha value is -1.66. The van der Waals surface area contributed by atoms with Gasteiger partial charge in [0.15, 0.2) is 0 Å². The zero-order valence-corrected chi connectivity index (χ0v) is 12.0. The highest BCUT2D eigenvalue weighted by molar-refractivity contribution is 5.88. The molecule has 1 atom stereocenters. The molecule has 2 rings (SSSR count). The standard InChI is InChI=1S/C14H21N3O3/c1-11(10-17-5-7-20-8-6-17)16-12-3-4-15-13(9-12)14(18)19-2/h3-4,9,11H,5-8,10H2,1-2H3,(H,15,16). The normalized spacial score (nSPS) is 17.5. The lowest BCUT2D eigenvalue weighted by molar-refractivity contribution is 0.0368. The van der Waals surface area contributed by atoms with Crippen molar-refractivity contribution in [1.29, 1.82) is 0 Å². The van der Waals surface area contributed by atoms with Crippen LogP contribution in [-0.2, 0) is 9.47 Å². The van der Waals surface area contributed by atoms with Crippen molar-refractivity contribution in [3.63, 3.8) is 0 Å². The molecule has 1 fully saturated rings. The van der Waals surface area contributed by atoms with E-state index in [9.17, 15) is 4.79 Å². The predicted octanol–water partition coefficient (Wildman–Crippen LogP) is 1.00. The number of hydrogen-bond acceptors (Lipinski definition) is 6. The molecule has 0 amide bonds. The summed E-state index contributed by atoms with van der Waals surface area (Å²) in [5, 5.41) is 3.38. The number of hydrogen-bond donors (Lipinski definition) is 1. The molecule has 1 aromatic rings. The summed E-state index contributed by atoms with van der Waals surface area (Å²) in [5.41, 5.74) is 1.19. The molecule has 0 bridgehead atoms. The van der Waals surface area contributed by atoms with E-state index in [0.717, 1.165) is 38.5 Å². The lowest BCUT2D eigenvalue weighted by Gasteiger charge is -2.29. The number of carbonyl (C=O) groups excluding carboxylic acids is 1. The smallest absolute Gasteiger partial charge is 0.356 e. The van der Waals surface area contributed by atoms with Gasteiger partial charge in [-0.05, 0) is 19.1 Å². The van der Waals surface area contributed by atoms with Gasteiger partial charge in [0.2, 0.25) is 0 Å². The number of ether oxygens (including phenoxy) is 2. The van der Waals surface area contributed by atoms with Gasteiger partial charge in [-0.2, -0.15) is 0 Å². The molecule has 20 heavy (non-hydrogen) atoms. The number of pyridine rings is 1. The SMILES string of the molecule is COC(=O)c1cc(NC(C)CN2CCOCC2)ccn1. The third-order valence-electron chi connectivity index (χ3n) is 3.20. The summed E-state index contributed by atoms with van der Waals surface area (Å²) in [7, 11) is 1.35. The summed E-state index contributed by atoms with van der Waals surface area (Å²) in [5.74, 6) is -0.422. The van der Waals surface area contributed by atoms with Gasteiger partial charge in [0.25, 0.3) is 0 Å². The quantitative estimate of drug-likeness (QED) is 0.811. The highest BCUT2D eigenvalue weighted by atomic mass is 16.5. The molecule has 1 aliphatic heterocycles. The number of methoxy groups -OCH3 is 1. The van der Waals surface area contributed by atoms with E-state index >= 15 is 0 Å². The summed E-state index contributed by atoms with van der Waals surface area (Å²) >= 11 is 0. The van der Waals surface area contributed by atoms with Crippen molar-refractivity contribution >= 4 is 11.7 Å². The van der Waals surface area contributed by atoms with E-state index in [4.69, 9.17) is 4.74 Å². The second kappa shape index (κ2) is 7.21. The molecule has 0 spiro atoms. The molecule has 6 nitrogen and oxygen atoms in total. The number of rotatable bonds is 5. The minimum Gasteiger partial charge on any atom is -0.464 e. The Balaban J connectivity index is 1.89. The molecular formula is C14H21N3O3. The summed E-state index contributed by atoms with van der Waals surface area (Å²) in [6.07, 6.45) is 1.61. The Bertz CT molecular complexity index is 447. The minimum atomic E-state index is -0.422. The average Bonchev–Trinajstić information content (AvgIpc) is 2.47. The number of carbonyl (C=O) groups is 1. The fourth-order valence-electron chi connectivity index (χ4n) is 2.24. The predicted molar refractivity (Wildman–Crippen MR) is 75.9 cm³/mol. The first-order valence-corrected chi connectivity index (χ1v) is 6.80. The van der Waals surface area contributed by atoms with Crippen LogP contribution in [0.1, 0.15) is 17.4 Å². The number of aromatic nitrogens is 1. The fraction of sp³-hybridized carbons (Fsp3) is 0.571. The zero-order chi connectivity index (χ0) is 14.4. The van der Waals surface area contributed by atoms with Crippen molar-refractivity contribution in [2.45, 2.75) is 13.0 Å². The second-order valence-corrected chi connectivity index (χ2v) is 4.88. The first-order valence-electron chi connectivity index (χ1n) is 6.80. The van der Waals surface area contributed by atoms with Gasteiger partial charge in [-0.3, -0.25) is 4.90 Å². The van der Waals surface area contributed by atoms with Gasteiger partial charge in [0.1, 0.15) is 5.69 Å². The van der Waals surface area contributed by atoms with Crippen LogP contribution in [0.4, 0.5) is 5.69 Å². The maximum atomic E-state index is 11.4. The van der Waals surface area contributed by atoms with Crippen LogP contribution in [-0.4, -0.2) is 61.9 Å². The molecule has 0 aliphatic carbocycles. The number of nitrogens with zero attached hydrogens (tertiary/aromatic N) is 2. The van der Waals surface area contributed by atoms with Gasteiger partial charge >= 0.3 is 5.97 Å². The summed E-state index contributed by atoms with van der Waals surface area (Å²) in [6.45, 7) is 6.60. The molecule has 1 N–H and O–H groups in total. The molecular weight excluding hydrogens is 258 g/mol. The zero-order valence-electron chi connectivity index (χ0n) is 12.0. The van der Waals surface area contributed by atoms with E-state index in [-0.39, 0.29) is 6.04 Å². The highest BCUT2D eigenvalue weighted by Gasteiger charge is 2.14. The topological polar surface area (TPSA) is 63.7 Å². The average molecular weight is 279 g/mol. The molecule has 1 aromatic heterocycles. The Labute approximate surface area is 119 Å². The van der Waals surface area contributed by atoms with Crippen LogP contribution in [0.25, 0.3) is 0 Å². The lowest BCUT2D eigenvalue weighted by atomic mass is 10.2. The van der Waals surface area contributed by atoms with Crippen molar-refractivity contribution in [1.82, 2.24) is 9.88 Å². The van der Waals surface area contributed by atoms with E-state index in [0.29, 0.717) is 5.69 Å². The van der Waals surface area contributed by atoms with Crippen molar-refractivity contribution in [2.75, 3.05) is 45.3 Å². The Morgan fingerprint density at radius 2 is 2.30 bits per heavy atom. The number of esters is 1. The van der Waals surface area contributed by atoms with Gasteiger partial charge < -0.3 is 14.8 Å². The van der Waals surface area contributed by atoms with Crippen molar-refractivity contribution in [3.8, 4) is 0 Å². The number of nitrogens with one attached hydrogen (secondary N) is 1. The largest absolute Gasteiger partial charge is 0.464 e. The maximum absolute atomic E-state index is 11.4. The van der Waals surface area contributed by atoms with Crippen molar-refractivity contribution < 1.29 is 14.3 Å². The third kappa shape index (κ3) is 4.18. The molecule has 0 aromatic carbocycles. The van der Waals surface area contributed by atoms with Crippen molar-refractivity contribution in [2.24, 2.45) is 0 Å². The van der Waals surface area contributed by atoms with Gasteiger partial charge in [-0.15, -0.1) is 0 Å². The van der Waals surface area contributed by atoms with Crippen LogP contribution in [0.3, 0.4) is 0 Å². The van der Waals surface area contributed by atoms with Crippen LogP contribution in [0.15, 0.2) is 18.3 Å². The molecule has 1 unspecified atom stereocenters. The molecule has 2 heterocycles. The van der Waals surface area contributed by atoms with Gasteiger partial charge in [-0.25, -0.2) is 9.78 Å². The van der Waals surface area contributed by atoms with Crippen LogP contribution in [0, 0.1) is 0 Å². The Morgan fingerprint density at radius 3 is 3.00 bits per heavy atom. The molecule has 6 heteroatoms. The fourth-order valence-corrected chi connectivity index (χ4v) is 2.24.